The zero-order chi connectivity index (χ0) is 14.4. The third kappa shape index (κ3) is 3.84. The van der Waals surface area contributed by atoms with Crippen LogP contribution in [0.1, 0.15) is 30.5 Å². The fraction of sp³-hybridized carbons (Fsp3) is 0.333. The van der Waals surface area contributed by atoms with Crippen LogP contribution in [0.15, 0.2) is 54.6 Å². The lowest BCUT2D eigenvalue weighted by Gasteiger charge is -2.23. The molecular weight excluding hydrogens is 246 g/mol. The Morgan fingerprint density at radius 2 is 1.60 bits per heavy atom. The monoisotopic (exact) mass is 269 g/mol. The molecule has 2 nitrogen and oxygen atoms in total. The minimum atomic E-state index is 0.471. The summed E-state index contributed by atoms with van der Waals surface area (Å²) in [5, 5.41) is 0. The predicted octanol–water partition coefficient (Wildman–Crippen LogP) is 4.28. The van der Waals surface area contributed by atoms with Crippen molar-refractivity contribution in [3.05, 3.63) is 65.7 Å². The van der Waals surface area contributed by atoms with E-state index >= 15 is 0 Å². The average molecular weight is 269 g/mol. The predicted molar refractivity (Wildman–Crippen MR) is 83.9 cm³/mol. The van der Waals surface area contributed by atoms with Crippen molar-refractivity contribution in [2.24, 2.45) is 0 Å². The third-order valence-electron chi connectivity index (χ3n) is 3.52. The van der Waals surface area contributed by atoms with Crippen molar-refractivity contribution in [3.63, 3.8) is 0 Å². The van der Waals surface area contributed by atoms with Crippen LogP contribution in [0.3, 0.4) is 0 Å². The van der Waals surface area contributed by atoms with Crippen LogP contribution in [0.5, 0.6) is 5.75 Å². The van der Waals surface area contributed by atoms with Gasteiger partial charge in [0.25, 0.3) is 0 Å². The molecule has 0 radical (unpaired) electrons. The first-order valence-corrected chi connectivity index (χ1v) is 7.14. The van der Waals surface area contributed by atoms with Gasteiger partial charge >= 0.3 is 0 Å². The van der Waals surface area contributed by atoms with Crippen LogP contribution in [0, 0.1) is 0 Å². The number of benzene rings is 2. The van der Waals surface area contributed by atoms with Crippen LogP contribution in [0.4, 0.5) is 0 Å². The Kier molecular flexibility index (Phi) is 5.19. The van der Waals surface area contributed by atoms with E-state index < -0.39 is 0 Å². The van der Waals surface area contributed by atoms with Gasteiger partial charge in [0.05, 0.1) is 0 Å². The molecule has 0 fully saturated rings. The lowest BCUT2D eigenvalue weighted by Crippen LogP contribution is -2.18. The fourth-order valence-electron chi connectivity index (χ4n) is 2.43. The van der Waals surface area contributed by atoms with E-state index in [9.17, 15) is 0 Å². The van der Waals surface area contributed by atoms with E-state index in [1.165, 1.54) is 11.1 Å². The number of rotatable bonds is 6. The molecule has 2 rings (SSSR count). The SMILES string of the molecule is CCC(c1ccc(OCc2ccccc2)cc1)N(C)C. The first-order valence-electron chi connectivity index (χ1n) is 7.14. The molecule has 0 spiro atoms. The molecule has 2 aromatic rings. The van der Waals surface area contributed by atoms with Gasteiger partial charge < -0.3 is 9.64 Å². The van der Waals surface area contributed by atoms with Gasteiger partial charge in [-0.05, 0) is 43.8 Å². The summed E-state index contributed by atoms with van der Waals surface area (Å²) in [7, 11) is 4.24. The van der Waals surface area contributed by atoms with E-state index in [1.54, 1.807) is 0 Å². The molecule has 0 saturated carbocycles. The zero-order valence-corrected chi connectivity index (χ0v) is 12.5. The van der Waals surface area contributed by atoms with Crippen LogP contribution < -0.4 is 4.74 Å². The lowest BCUT2D eigenvalue weighted by molar-refractivity contribution is 0.290. The Hall–Kier alpha value is -1.80. The molecule has 2 heteroatoms. The molecule has 0 aliphatic heterocycles. The summed E-state index contributed by atoms with van der Waals surface area (Å²) >= 11 is 0. The summed E-state index contributed by atoms with van der Waals surface area (Å²) in [5.74, 6) is 0.922. The van der Waals surface area contributed by atoms with Gasteiger partial charge in [-0.2, -0.15) is 0 Å². The molecule has 0 bridgehead atoms. The van der Waals surface area contributed by atoms with Crippen molar-refractivity contribution in [2.75, 3.05) is 14.1 Å². The highest BCUT2D eigenvalue weighted by Gasteiger charge is 2.11. The molecular formula is C18H23NO. The van der Waals surface area contributed by atoms with Gasteiger partial charge in [-0.15, -0.1) is 0 Å². The number of hydrogen-bond donors (Lipinski definition) is 0. The van der Waals surface area contributed by atoms with Crippen molar-refractivity contribution < 1.29 is 4.74 Å². The molecule has 0 aromatic heterocycles. The first kappa shape index (κ1) is 14.6. The van der Waals surface area contributed by atoms with Crippen LogP contribution >= 0.6 is 0 Å². The molecule has 106 valence electrons. The summed E-state index contributed by atoms with van der Waals surface area (Å²) in [6.45, 7) is 2.83. The Balaban J connectivity index is 1.98. The maximum absolute atomic E-state index is 5.81. The van der Waals surface area contributed by atoms with E-state index in [0.29, 0.717) is 12.6 Å². The van der Waals surface area contributed by atoms with E-state index in [0.717, 1.165) is 12.2 Å². The summed E-state index contributed by atoms with van der Waals surface area (Å²) < 4.78 is 5.81. The highest BCUT2D eigenvalue weighted by molar-refractivity contribution is 5.29. The number of nitrogens with zero attached hydrogens (tertiary/aromatic N) is 1. The van der Waals surface area contributed by atoms with Crippen molar-refractivity contribution in [1.82, 2.24) is 4.90 Å². The molecule has 0 saturated heterocycles. The minimum absolute atomic E-state index is 0.471. The topological polar surface area (TPSA) is 12.5 Å². The standard InChI is InChI=1S/C18H23NO/c1-4-18(19(2)3)16-10-12-17(13-11-16)20-14-15-8-6-5-7-9-15/h5-13,18H,4,14H2,1-3H3. The molecule has 0 N–H and O–H groups in total. The minimum Gasteiger partial charge on any atom is -0.489 e. The van der Waals surface area contributed by atoms with E-state index in [4.69, 9.17) is 4.74 Å². The molecule has 2 aromatic carbocycles. The Bertz CT molecular complexity index is 505. The van der Waals surface area contributed by atoms with Gasteiger partial charge in [0.15, 0.2) is 0 Å². The number of hydrogen-bond acceptors (Lipinski definition) is 2. The second-order valence-corrected chi connectivity index (χ2v) is 5.23. The van der Waals surface area contributed by atoms with Crippen molar-refractivity contribution in [1.29, 1.82) is 0 Å². The average Bonchev–Trinajstić information content (AvgIpc) is 2.48. The molecule has 0 aliphatic carbocycles. The van der Waals surface area contributed by atoms with Crippen LogP contribution in [-0.4, -0.2) is 19.0 Å². The summed E-state index contributed by atoms with van der Waals surface area (Å²) in [6, 6.07) is 19.1. The highest BCUT2D eigenvalue weighted by atomic mass is 16.5. The summed E-state index contributed by atoms with van der Waals surface area (Å²) in [6.07, 6.45) is 1.11. The maximum Gasteiger partial charge on any atom is 0.119 e. The van der Waals surface area contributed by atoms with Gasteiger partial charge in [0, 0.05) is 6.04 Å². The van der Waals surface area contributed by atoms with Crippen LogP contribution in [0.2, 0.25) is 0 Å². The second kappa shape index (κ2) is 7.11. The van der Waals surface area contributed by atoms with Gasteiger partial charge in [-0.1, -0.05) is 49.4 Å². The van der Waals surface area contributed by atoms with Gasteiger partial charge in [0.1, 0.15) is 12.4 Å². The third-order valence-corrected chi connectivity index (χ3v) is 3.52. The quantitative estimate of drug-likeness (QED) is 0.776. The van der Waals surface area contributed by atoms with Crippen molar-refractivity contribution >= 4 is 0 Å². The Labute approximate surface area is 122 Å². The van der Waals surface area contributed by atoms with Gasteiger partial charge in [-0.25, -0.2) is 0 Å². The molecule has 0 heterocycles. The fourth-order valence-corrected chi connectivity index (χ4v) is 2.43. The largest absolute Gasteiger partial charge is 0.489 e. The lowest BCUT2D eigenvalue weighted by atomic mass is 10.0. The molecule has 20 heavy (non-hydrogen) atoms. The molecule has 1 unspecified atom stereocenters. The smallest absolute Gasteiger partial charge is 0.119 e. The van der Waals surface area contributed by atoms with Crippen LogP contribution in [0.25, 0.3) is 0 Å². The van der Waals surface area contributed by atoms with Crippen LogP contribution in [-0.2, 0) is 6.61 Å². The van der Waals surface area contributed by atoms with E-state index in [1.807, 2.05) is 18.2 Å². The zero-order valence-electron chi connectivity index (χ0n) is 12.5. The van der Waals surface area contributed by atoms with Gasteiger partial charge in [-0.3, -0.25) is 0 Å². The Morgan fingerprint density at radius 3 is 2.15 bits per heavy atom. The normalized spacial score (nSPS) is 12.4. The van der Waals surface area contributed by atoms with Gasteiger partial charge in [0.2, 0.25) is 0 Å². The number of ether oxygens (including phenoxy) is 1. The molecule has 1 atom stereocenters. The summed E-state index contributed by atoms with van der Waals surface area (Å²) in [5.41, 5.74) is 2.53. The highest BCUT2D eigenvalue weighted by Crippen LogP contribution is 2.24. The maximum atomic E-state index is 5.81. The van der Waals surface area contributed by atoms with Crippen molar-refractivity contribution in [2.45, 2.75) is 26.0 Å². The van der Waals surface area contributed by atoms with E-state index in [2.05, 4.69) is 62.3 Å². The second-order valence-electron chi connectivity index (χ2n) is 5.23. The first-order chi connectivity index (χ1) is 9.70. The molecule has 0 amide bonds. The summed E-state index contributed by atoms with van der Waals surface area (Å²) in [4.78, 5) is 2.25. The Morgan fingerprint density at radius 1 is 0.950 bits per heavy atom. The van der Waals surface area contributed by atoms with Crippen molar-refractivity contribution in [3.8, 4) is 5.75 Å². The van der Waals surface area contributed by atoms with E-state index in [-0.39, 0.29) is 0 Å². The molecule has 0 aliphatic rings.